The van der Waals surface area contributed by atoms with Gasteiger partial charge in [0.2, 0.25) is 5.91 Å². The molecule has 3 atom stereocenters. The summed E-state index contributed by atoms with van der Waals surface area (Å²) < 4.78 is 0. The molecule has 2 aromatic rings. The minimum Gasteiger partial charge on any atom is -0.507 e. The number of rotatable bonds is 10. The summed E-state index contributed by atoms with van der Waals surface area (Å²) >= 11 is 0. The fourth-order valence-electron chi connectivity index (χ4n) is 5.34. The van der Waals surface area contributed by atoms with E-state index in [1.165, 1.54) is 6.07 Å². The number of aromatic hydroxyl groups is 1. The fraction of sp³-hybridized carbons (Fsp3) is 0.483. The van der Waals surface area contributed by atoms with Crippen molar-refractivity contribution in [3.63, 3.8) is 0 Å². The molecule has 1 amide bonds. The third-order valence-electron chi connectivity index (χ3n) is 7.43. The second-order valence-electron chi connectivity index (χ2n) is 11.1. The maximum absolute atomic E-state index is 13.2. The van der Waals surface area contributed by atoms with Crippen LogP contribution in [-0.4, -0.2) is 56.7 Å². The van der Waals surface area contributed by atoms with Crippen molar-refractivity contribution >= 4 is 17.5 Å². The highest BCUT2D eigenvalue weighted by Gasteiger charge is 2.45. The van der Waals surface area contributed by atoms with Crippen LogP contribution in [0, 0.1) is 11.8 Å². The van der Waals surface area contributed by atoms with Crippen LogP contribution < -0.4 is 5.73 Å². The number of hydrogen-bond donors (Lipinski definition) is 5. The lowest BCUT2D eigenvalue weighted by atomic mass is 9.71. The summed E-state index contributed by atoms with van der Waals surface area (Å²) in [6, 6.07) is 11.4. The van der Waals surface area contributed by atoms with Gasteiger partial charge in [-0.25, -0.2) is 0 Å². The predicted molar refractivity (Wildman–Crippen MR) is 139 cm³/mol. The number of benzene rings is 2. The number of phenolic OH excluding ortho intramolecular Hbond substituents is 1. The van der Waals surface area contributed by atoms with E-state index in [4.69, 9.17) is 5.73 Å². The molecule has 3 rings (SSSR count). The Morgan fingerprint density at radius 2 is 1.70 bits per heavy atom. The first-order chi connectivity index (χ1) is 17.3. The number of aliphatic hydroxyl groups is 3. The molecule has 2 aromatic carbocycles. The second-order valence-corrected chi connectivity index (χ2v) is 11.1. The first-order valence-electron chi connectivity index (χ1n) is 12.6. The van der Waals surface area contributed by atoms with Crippen LogP contribution in [0.5, 0.6) is 5.75 Å². The zero-order valence-corrected chi connectivity index (χ0v) is 21.7. The van der Waals surface area contributed by atoms with Crippen molar-refractivity contribution in [1.82, 2.24) is 0 Å². The second kappa shape index (κ2) is 11.1. The molecule has 8 heteroatoms. The molecule has 0 fully saturated rings. The lowest BCUT2D eigenvalue weighted by Crippen LogP contribution is -2.51. The van der Waals surface area contributed by atoms with Crippen molar-refractivity contribution in [2.45, 2.75) is 63.9 Å². The summed E-state index contributed by atoms with van der Waals surface area (Å²) in [5.74, 6) is -3.43. The topological polar surface area (TPSA) is 158 Å². The first kappa shape index (κ1) is 28.5. The maximum atomic E-state index is 13.2. The van der Waals surface area contributed by atoms with Gasteiger partial charge >= 0.3 is 0 Å². The molecule has 6 N–H and O–H groups in total. The molecule has 0 bridgehead atoms. The Kier molecular flexibility index (Phi) is 8.57. The standard InChI is InChI=1S/C29H37NO7/c1-28(2,3)19-6-4-18(5-7-19)21-8-9-23(33)27-22(21)13-17(14-24(27)34)12-20(10-11-31)29(37,16-32)25(35)15-26(30)36/h4-9,17,20,31-33,37H,10-16H2,1-3H3,(H2,30,36)/t17-,20-,29-/m1/s1. The zero-order chi connectivity index (χ0) is 27.5. The summed E-state index contributed by atoms with van der Waals surface area (Å²) in [5, 5.41) is 41.1. The predicted octanol–water partition coefficient (Wildman–Crippen LogP) is 2.66. The Bertz CT molecular complexity index is 1170. The highest BCUT2D eigenvalue weighted by Crippen LogP contribution is 2.42. The minimum absolute atomic E-state index is 0.0136. The number of primary amides is 1. The Morgan fingerprint density at radius 1 is 1.05 bits per heavy atom. The summed E-state index contributed by atoms with van der Waals surface area (Å²) in [5.41, 5.74) is 6.65. The van der Waals surface area contributed by atoms with Crippen LogP contribution in [-0.2, 0) is 21.4 Å². The van der Waals surface area contributed by atoms with Gasteiger partial charge in [-0.15, -0.1) is 0 Å². The molecule has 1 aliphatic carbocycles. The Labute approximate surface area is 217 Å². The van der Waals surface area contributed by atoms with Crippen LogP contribution in [0.2, 0.25) is 0 Å². The number of aliphatic hydroxyl groups excluding tert-OH is 2. The monoisotopic (exact) mass is 511 g/mol. The van der Waals surface area contributed by atoms with E-state index in [9.17, 15) is 34.8 Å². The molecule has 0 aliphatic heterocycles. The molecule has 37 heavy (non-hydrogen) atoms. The summed E-state index contributed by atoms with van der Waals surface area (Å²) in [7, 11) is 0. The molecular formula is C29H37NO7. The van der Waals surface area contributed by atoms with E-state index >= 15 is 0 Å². The van der Waals surface area contributed by atoms with Crippen molar-refractivity contribution in [2.75, 3.05) is 13.2 Å². The molecule has 0 aromatic heterocycles. The van der Waals surface area contributed by atoms with Gasteiger partial charge in [0.15, 0.2) is 11.6 Å². The van der Waals surface area contributed by atoms with E-state index in [0.29, 0.717) is 12.0 Å². The van der Waals surface area contributed by atoms with Gasteiger partial charge in [-0.3, -0.25) is 14.4 Å². The van der Waals surface area contributed by atoms with Gasteiger partial charge in [0.1, 0.15) is 11.4 Å². The van der Waals surface area contributed by atoms with Crippen molar-refractivity contribution in [2.24, 2.45) is 17.6 Å². The maximum Gasteiger partial charge on any atom is 0.224 e. The number of phenols is 1. The molecule has 0 saturated carbocycles. The molecule has 0 heterocycles. The average molecular weight is 512 g/mol. The van der Waals surface area contributed by atoms with Crippen LogP contribution in [0.4, 0.5) is 0 Å². The molecule has 0 radical (unpaired) electrons. The van der Waals surface area contributed by atoms with Gasteiger partial charge in [-0.1, -0.05) is 51.1 Å². The first-order valence-corrected chi connectivity index (χ1v) is 12.6. The minimum atomic E-state index is -2.27. The van der Waals surface area contributed by atoms with Crippen LogP contribution >= 0.6 is 0 Å². The molecule has 1 aliphatic rings. The third-order valence-corrected chi connectivity index (χ3v) is 7.43. The van der Waals surface area contributed by atoms with Crippen LogP contribution in [0.3, 0.4) is 0 Å². The largest absolute Gasteiger partial charge is 0.507 e. The molecular weight excluding hydrogens is 474 g/mol. The van der Waals surface area contributed by atoms with Crippen LogP contribution in [0.15, 0.2) is 36.4 Å². The van der Waals surface area contributed by atoms with Crippen molar-refractivity contribution in [1.29, 1.82) is 0 Å². The molecule has 8 nitrogen and oxygen atoms in total. The lowest BCUT2D eigenvalue weighted by molar-refractivity contribution is -0.153. The highest BCUT2D eigenvalue weighted by molar-refractivity contribution is 6.03. The van der Waals surface area contributed by atoms with Gasteiger partial charge in [0.05, 0.1) is 18.6 Å². The number of carbonyl (C=O) groups excluding carboxylic acids is 3. The van der Waals surface area contributed by atoms with E-state index < -0.39 is 36.2 Å². The smallest absolute Gasteiger partial charge is 0.224 e. The van der Waals surface area contributed by atoms with Gasteiger partial charge in [0, 0.05) is 13.0 Å². The van der Waals surface area contributed by atoms with E-state index in [1.807, 2.05) is 24.3 Å². The van der Waals surface area contributed by atoms with Crippen LogP contribution in [0.1, 0.15) is 67.9 Å². The summed E-state index contributed by atoms with van der Waals surface area (Å²) in [4.78, 5) is 37.1. The van der Waals surface area contributed by atoms with Gasteiger partial charge < -0.3 is 26.2 Å². The van der Waals surface area contributed by atoms with Gasteiger partial charge in [0.25, 0.3) is 0 Å². The molecule has 0 unspecified atom stereocenters. The van der Waals surface area contributed by atoms with E-state index in [-0.39, 0.29) is 54.3 Å². The Balaban J connectivity index is 1.97. The number of fused-ring (bicyclic) bond motifs is 1. The lowest BCUT2D eigenvalue weighted by Gasteiger charge is -2.36. The van der Waals surface area contributed by atoms with Crippen molar-refractivity contribution in [3.8, 4) is 16.9 Å². The Morgan fingerprint density at radius 3 is 2.24 bits per heavy atom. The normalized spacial score (nSPS) is 18.1. The number of carbonyl (C=O) groups is 3. The van der Waals surface area contributed by atoms with E-state index in [0.717, 1.165) is 16.7 Å². The zero-order valence-electron chi connectivity index (χ0n) is 21.7. The fourth-order valence-corrected chi connectivity index (χ4v) is 5.34. The molecule has 200 valence electrons. The Hall–Kier alpha value is -3.07. The quantitative estimate of drug-likeness (QED) is 0.307. The number of amides is 1. The van der Waals surface area contributed by atoms with Gasteiger partial charge in [-0.05, 0) is 64.8 Å². The molecule has 0 saturated heterocycles. The van der Waals surface area contributed by atoms with E-state index in [1.54, 1.807) is 6.07 Å². The number of Topliss-reactive ketones (excluding diaryl/α,β-unsaturated/α-hetero) is 2. The summed E-state index contributed by atoms with van der Waals surface area (Å²) in [6.45, 7) is 5.07. The third kappa shape index (κ3) is 6.09. The highest BCUT2D eigenvalue weighted by atomic mass is 16.3. The van der Waals surface area contributed by atoms with Crippen molar-refractivity contribution in [3.05, 3.63) is 53.1 Å². The van der Waals surface area contributed by atoms with Crippen LogP contribution in [0.25, 0.3) is 11.1 Å². The summed E-state index contributed by atoms with van der Waals surface area (Å²) in [6.07, 6.45) is -0.153. The number of nitrogens with two attached hydrogens (primary N) is 1. The van der Waals surface area contributed by atoms with Crippen molar-refractivity contribution < 1.29 is 34.8 Å². The number of hydrogen-bond acceptors (Lipinski definition) is 7. The number of ketones is 2. The molecule has 0 spiro atoms. The van der Waals surface area contributed by atoms with E-state index in [2.05, 4.69) is 20.8 Å². The van der Waals surface area contributed by atoms with Gasteiger partial charge in [-0.2, -0.15) is 0 Å². The SMILES string of the molecule is CC(C)(C)c1ccc(-c2ccc(O)c3c2C[C@@H](C[C@@H](CCO)[C@](O)(CO)C(=O)CC(N)=O)CC3=O)cc1. The average Bonchev–Trinajstić information content (AvgIpc) is 2.82.